The fraction of sp³-hybridized carbons (Fsp3) is 0.600. The van der Waals surface area contributed by atoms with Crippen molar-refractivity contribution < 1.29 is 0 Å². The van der Waals surface area contributed by atoms with Crippen LogP contribution in [0.3, 0.4) is 0 Å². The molecule has 1 rings (SSSR count). The molecule has 4 heteroatoms. The quantitative estimate of drug-likeness (QED) is 0.848. The van der Waals surface area contributed by atoms with E-state index < -0.39 is 0 Å². The molecule has 0 aliphatic carbocycles. The van der Waals surface area contributed by atoms with E-state index in [0.717, 1.165) is 20.1 Å². The third-order valence-corrected chi connectivity index (χ3v) is 4.47. The van der Waals surface area contributed by atoms with Gasteiger partial charge in [0.25, 0.3) is 0 Å². The summed E-state index contributed by atoms with van der Waals surface area (Å²) in [4.78, 5) is 1.15. The van der Waals surface area contributed by atoms with E-state index in [-0.39, 0.29) is 11.5 Å². The van der Waals surface area contributed by atoms with Gasteiger partial charge in [0.15, 0.2) is 0 Å². The van der Waals surface area contributed by atoms with Crippen LogP contribution in [-0.4, -0.2) is 0 Å². The van der Waals surface area contributed by atoms with E-state index in [4.69, 9.17) is 17.3 Å². The van der Waals surface area contributed by atoms with Crippen molar-refractivity contribution in [1.29, 1.82) is 0 Å². The number of hydrogen-bond acceptors (Lipinski definition) is 2. The molecule has 0 amide bonds. The zero-order chi connectivity index (χ0) is 10.9. The maximum absolute atomic E-state index is 6.09. The summed E-state index contributed by atoms with van der Waals surface area (Å²) in [7, 11) is 0. The normalized spacial score (nSPS) is 14.4. The van der Waals surface area contributed by atoms with Crippen LogP contribution in [-0.2, 0) is 0 Å². The van der Waals surface area contributed by atoms with E-state index in [0.29, 0.717) is 0 Å². The van der Waals surface area contributed by atoms with Crippen molar-refractivity contribution in [2.75, 3.05) is 0 Å². The van der Waals surface area contributed by atoms with E-state index in [1.54, 1.807) is 11.3 Å². The minimum atomic E-state index is 0.0869. The molecule has 0 saturated carbocycles. The molecule has 0 fully saturated rings. The first-order valence-corrected chi connectivity index (χ1v) is 6.48. The monoisotopic (exact) mass is 295 g/mol. The first-order chi connectivity index (χ1) is 6.29. The van der Waals surface area contributed by atoms with Crippen molar-refractivity contribution in [2.45, 2.75) is 33.2 Å². The van der Waals surface area contributed by atoms with Gasteiger partial charge in [0, 0.05) is 15.4 Å². The lowest BCUT2D eigenvalue weighted by atomic mass is 9.88. The lowest BCUT2D eigenvalue weighted by Gasteiger charge is -2.22. The van der Waals surface area contributed by atoms with Gasteiger partial charge in [-0.25, -0.2) is 0 Å². The van der Waals surface area contributed by atoms with Crippen LogP contribution < -0.4 is 5.73 Å². The Bertz CT molecular complexity index is 297. The van der Waals surface area contributed by atoms with Gasteiger partial charge in [-0.1, -0.05) is 32.4 Å². The van der Waals surface area contributed by atoms with E-state index >= 15 is 0 Å². The molecule has 1 aromatic heterocycles. The standard InChI is InChI=1S/C10H15BrClNS/c1-10(2,3)5-7(13)8-4-6(11)9(12)14-8/h4,7H,5,13H2,1-3H3. The van der Waals surface area contributed by atoms with Gasteiger partial charge in [-0.2, -0.15) is 0 Å². The van der Waals surface area contributed by atoms with E-state index in [1.807, 2.05) is 6.07 Å². The van der Waals surface area contributed by atoms with E-state index in [1.165, 1.54) is 0 Å². The molecule has 2 N–H and O–H groups in total. The first-order valence-electron chi connectivity index (χ1n) is 4.50. The molecule has 0 aliphatic heterocycles. The van der Waals surface area contributed by atoms with Crippen LogP contribution in [0.5, 0.6) is 0 Å². The van der Waals surface area contributed by atoms with Gasteiger partial charge in [-0.05, 0) is 33.8 Å². The first kappa shape index (κ1) is 12.5. The van der Waals surface area contributed by atoms with Crippen LogP contribution in [0.4, 0.5) is 0 Å². The molecular formula is C10H15BrClNS. The van der Waals surface area contributed by atoms with Crippen molar-refractivity contribution in [2.24, 2.45) is 11.1 Å². The van der Waals surface area contributed by atoms with Gasteiger partial charge in [-0.15, -0.1) is 11.3 Å². The molecule has 0 aromatic carbocycles. The molecule has 80 valence electrons. The molecule has 1 aromatic rings. The van der Waals surface area contributed by atoms with Gasteiger partial charge in [0.2, 0.25) is 0 Å². The molecule has 1 nitrogen and oxygen atoms in total. The third kappa shape index (κ3) is 3.54. The highest BCUT2D eigenvalue weighted by molar-refractivity contribution is 9.10. The Morgan fingerprint density at radius 3 is 2.50 bits per heavy atom. The summed E-state index contributed by atoms with van der Waals surface area (Å²) < 4.78 is 1.73. The number of hydrogen-bond donors (Lipinski definition) is 1. The zero-order valence-corrected chi connectivity index (χ0v) is 11.8. The zero-order valence-electron chi connectivity index (χ0n) is 8.60. The predicted octanol–water partition coefficient (Wildman–Crippen LogP) is 4.60. The summed E-state index contributed by atoms with van der Waals surface area (Å²) in [5, 5.41) is 0. The topological polar surface area (TPSA) is 26.0 Å². The molecule has 0 spiro atoms. The Kier molecular flexibility index (Phi) is 4.03. The SMILES string of the molecule is CC(C)(C)CC(N)c1cc(Br)c(Cl)s1. The Labute approximate surface area is 103 Å². The van der Waals surface area contributed by atoms with Crippen molar-refractivity contribution in [1.82, 2.24) is 0 Å². The number of thiophene rings is 1. The van der Waals surface area contributed by atoms with Gasteiger partial charge in [-0.3, -0.25) is 0 Å². The Morgan fingerprint density at radius 1 is 1.57 bits per heavy atom. The van der Waals surface area contributed by atoms with Crippen LogP contribution in [0.2, 0.25) is 4.34 Å². The Balaban J connectivity index is 2.75. The molecule has 14 heavy (non-hydrogen) atoms. The van der Waals surface area contributed by atoms with Crippen LogP contribution >= 0.6 is 38.9 Å². The maximum atomic E-state index is 6.09. The number of halogens is 2. The summed E-state index contributed by atoms with van der Waals surface area (Å²) in [5.41, 5.74) is 6.35. The van der Waals surface area contributed by atoms with Gasteiger partial charge < -0.3 is 5.73 Å². The molecule has 1 atom stereocenters. The third-order valence-electron chi connectivity index (χ3n) is 1.86. The Hall–Kier alpha value is 0.430. The highest BCUT2D eigenvalue weighted by atomic mass is 79.9. The average Bonchev–Trinajstić information content (AvgIpc) is 2.28. The van der Waals surface area contributed by atoms with Gasteiger partial charge >= 0.3 is 0 Å². The van der Waals surface area contributed by atoms with E-state index in [9.17, 15) is 0 Å². The van der Waals surface area contributed by atoms with Crippen molar-refractivity contribution in [3.05, 3.63) is 19.8 Å². The van der Waals surface area contributed by atoms with E-state index in [2.05, 4.69) is 36.7 Å². The number of rotatable bonds is 2. The highest BCUT2D eigenvalue weighted by Crippen LogP contribution is 2.37. The van der Waals surface area contributed by atoms with Gasteiger partial charge in [0.05, 0.1) is 0 Å². The lowest BCUT2D eigenvalue weighted by Crippen LogP contribution is -2.17. The second-order valence-corrected chi connectivity index (χ2v) is 7.18. The lowest BCUT2D eigenvalue weighted by molar-refractivity contribution is 0.345. The summed E-state index contributed by atoms with van der Waals surface area (Å²) in [6.45, 7) is 6.57. The largest absolute Gasteiger partial charge is 0.323 e. The predicted molar refractivity (Wildman–Crippen MR) is 68.0 cm³/mol. The fourth-order valence-corrected chi connectivity index (χ4v) is 3.04. The molecule has 0 aliphatic rings. The summed E-state index contributed by atoms with van der Waals surface area (Å²) in [6, 6.07) is 2.10. The second kappa shape index (κ2) is 4.52. The fourth-order valence-electron chi connectivity index (χ4n) is 1.31. The van der Waals surface area contributed by atoms with Crippen LogP contribution in [0.15, 0.2) is 10.5 Å². The molecule has 0 radical (unpaired) electrons. The smallest absolute Gasteiger partial charge is 0.107 e. The molecule has 1 unspecified atom stereocenters. The minimum Gasteiger partial charge on any atom is -0.323 e. The van der Waals surface area contributed by atoms with Crippen LogP contribution in [0.25, 0.3) is 0 Å². The van der Waals surface area contributed by atoms with Gasteiger partial charge in [0.1, 0.15) is 4.34 Å². The van der Waals surface area contributed by atoms with Crippen molar-refractivity contribution >= 4 is 38.9 Å². The summed E-state index contributed by atoms with van der Waals surface area (Å²) >= 11 is 10.9. The highest BCUT2D eigenvalue weighted by Gasteiger charge is 2.19. The van der Waals surface area contributed by atoms with Crippen molar-refractivity contribution in [3.8, 4) is 0 Å². The second-order valence-electron chi connectivity index (χ2n) is 4.64. The Morgan fingerprint density at radius 2 is 2.14 bits per heavy atom. The molecule has 0 saturated heterocycles. The molecule has 0 bridgehead atoms. The minimum absolute atomic E-state index is 0.0869. The molecular weight excluding hydrogens is 282 g/mol. The van der Waals surface area contributed by atoms with Crippen LogP contribution in [0.1, 0.15) is 38.1 Å². The summed E-state index contributed by atoms with van der Waals surface area (Å²) in [6.07, 6.45) is 0.969. The average molecular weight is 297 g/mol. The molecule has 1 heterocycles. The van der Waals surface area contributed by atoms with Crippen molar-refractivity contribution in [3.63, 3.8) is 0 Å². The number of nitrogens with two attached hydrogens (primary N) is 1. The summed E-state index contributed by atoms with van der Waals surface area (Å²) in [5.74, 6) is 0. The maximum Gasteiger partial charge on any atom is 0.107 e. The van der Waals surface area contributed by atoms with Crippen LogP contribution in [0, 0.1) is 5.41 Å².